The summed E-state index contributed by atoms with van der Waals surface area (Å²) in [4.78, 5) is 11.6. The number of carbonyl (C=O) groups excluding carboxylic acids is 1. The molecule has 3 nitrogen and oxygen atoms in total. The maximum absolute atomic E-state index is 11.6. The number of rotatable bonds is 12. The number of carbonyl (C=O) groups is 1. The molecule has 0 radical (unpaired) electrons. The van der Waals surface area contributed by atoms with Crippen LogP contribution >= 0.6 is 0 Å². The van der Waals surface area contributed by atoms with E-state index in [1.165, 1.54) is 36.0 Å². The van der Waals surface area contributed by atoms with Crippen LogP contribution in [-0.2, 0) is 16.0 Å². The Bertz CT molecular complexity index is 689. The molecule has 0 saturated heterocycles. The molecular formula is C25H34O3. The van der Waals surface area contributed by atoms with Crippen molar-refractivity contribution in [3.05, 3.63) is 54.1 Å². The van der Waals surface area contributed by atoms with E-state index in [0.717, 1.165) is 25.0 Å². The summed E-state index contributed by atoms with van der Waals surface area (Å²) in [6.45, 7) is 6.52. The molecule has 0 aromatic heterocycles. The summed E-state index contributed by atoms with van der Waals surface area (Å²) in [5.41, 5.74) is 3.79. The highest BCUT2D eigenvalue weighted by molar-refractivity contribution is 5.69. The summed E-state index contributed by atoms with van der Waals surface area (Å²) >= 11 is 0. The van der Waals surface area contributed by atoms with E-state index in [1.54, 1.807) is 0 Å². The van der Waals surface area contributed by atoms with Crippen molar-refractivity contribution in [1.82, 2.24) is 0 Å². The van der Waals surface area contributed by atoms with E-state index in [-0.39, 0.29) is 12.1 Å². The zero-order valence-electron chi connectivity index (χ0n) is 17.6. The number of hydrogen-bond donors (Lipinski definition) is 0. The van der Waals surface area contributed by atoms with Crippen LogP contribution < -0.4 is 4.74 Å². The molecule has 0 aliphatic carbocycles. The highest BCUT2D eigenvalue weighted by Gasteiger charge is 2.10. The molecule has 2 aromatic carbocycles. The minimum atomic E-state index is -0.246. The largest absolute Gasteiger partial charge is 0.490 e. The van der Waals surface area contributed by atoms with Crippen LogP contribution in [0.2, 0.25) is 0 Å². The van der Waals surface area contributed by atoms with Gasteiger partial charge in [-0.1, -0.05) is 69.5 Å². The van der Waals surface area contributed by atoms with Gasteiger partial charge < -0.3 is 9.47 Å². The lowest BCUT2D eigenvalue weighted by Gasteiger charge is -2.14. The van der Waals surface area contributed by atoms with Crippen LogP contribution in [0.25, 0.3) is 11.1 Å². The fourth-order valence-electron chi connectivity index (χ4n) is 3.04. The van der Waals surface area contributed by atoms with Gasteiger partial charge in [0.1, 0.15) is 18.5 Å². The van der Waals surface area contributed by atoms with Crippen molar-refractivity contribution in [2.75, 3.05) is 6.61 Å². The smallest absolute Gasteiger partial charge is 0.306 e. The molecule has 152 valence electrons. The third kappa shape index (κ3) is 7.75. The summed E-state index contributed by atoms with van der Waals surface area (Å²) in [7, 11) is 0. The summed E-state index contributed by atoms with van der Waals surface area (Å²) in [6.07, 6.45) is 7.06. The van der Waals surface area contributed by atoms with Crippen LogP contribution in [0.4, 0.5) is 0 Å². The monoisotopic (exact) mass is 382 g/mol. The first-order valence-electron chi connectivity index (χ1n) is 10.6. The highest BCUT2D eigenvalue weighted by atomic mass is 16.6. The highest BCUT2D eigenvalue weighted by Crippen LogP contribution is 2.23. The van der Waals surface area contributed by atoms with E-state index < -0.39 is 0 Å². The van der Waals surface area contributed by atoms with Gasteiger partial charge in [-0.3, -0.25) is 4.79 Å². The van der Waals surface area contributed by atoms with Crippen molar-refractivity contribution in [1.29, 1.82) is 0 Å². The van der Waals surface area contributed by atoms with Crippen LogP contribution in [0.15, 0.2) is 48.5 Å². The molecule has 0 N–H and O–H groups in total. The lowest BCUT2D eigenvalue weighted by molar-refractivity contribution is -0.149. The normalized spacial score (nSPS) is 11.8. The zero-order valence-corrected chi connectivity index (χ0v) is 17.6. The van der Waals surface area contributed by atoms with Gasteiger partial charge in [-0.15, -0.1) is 0 Å². The van der Waals surface area contributed by atoms with Gasteiger partial charge in [0.15, 0.2) is 0 Å². The van der Waals surface area contributed by atoms with Gasteiger partial charge in [-0.25, -0.2) is 0 Å². The molecule has 1 unspecified atom stereocenters. The number of esters is 1. The fraction of sp³-hybridized carbons (Fsp3) is 0.480. The Kier molecular flexibility index (Phi) is 9.61. The molecule has 0 saturated carbocycles. The SMILES string of the molecule is CCCCCc1ccc(-c2ccc(OCC(C)OC(=O)CCCC)cc2)cc1. The van der Waals surface area contributed by atoms with Crippen LogP contribution in [0, 0.1) is 0 Å². The molecule has 3 heteroatoms. The molecule has 2 aromatic rings. The Morgan fingerprint density at radius 2 is 1.46 bits per heavy atom. The van der Waals surface area contributed by atoms with Crippen molar-refractivity contribution in [3.8, 4) is 16.9 Å². The van der Waals surface area contributed by atoms with E-state index in [9.17, 15) is 4.79 Å². The molecule has 0 spiro atoms. The number of aryl methyl sites for hydroxylation is 1. The third-order valence-corrected chi connectivity index (χ3v) is 4.76. The summed E-state index contributed by atoms with van der Waals surface area (Å²) in [5, 5.41) is 0. The Morgan fingerprint density at radius 3 is 2.07 bits per heavy atom. The van der Waals surface area contributed by atoms with E-state index in [2.05, 4.69) is 50.2 Å². The van der Waals surface area contributed by atoms with Crippen molar-refractivity contribution >= 4 is 5.97 Å². The van der Waals surface area contributed by atoms with E-state index in [4.69, 9.17) is 9.47 Å². The topological polar surface area (TPSA) is 35.5 Å². The lowest BCUT2D eigenvalue weighted by Crippen LogP contribution is -2.21. The third-order valence-electron chi connectivity index (χ3n) is 4.76. The van der Waals surface area contributed by atoms with E-state index in [0.29, 0.717) is 13.0 Å². The first-order valence-corrected chi connectivity index (χ1v) is 10.6. The van der Waals surface area contributed by atoms with Gasteiger partial charge >= 0.3 is 5.97 Å². The minimum absolute atomic E-state index is 0.147. The molecule has 28 heavy (non-hydrogen) atoms. The van der Waals surface area contributed by atoms with Crippen LogP contribution in [0.5, 0.6) is 5.75 Å². The molecule has 0 fully saturated rings. The second-order valence-electron chi connectivity index (χ2n) is 7.39. The second-order valence-corrected chi connectivity index (χ2v) is 7.39. The molecular weight excluding hydrogens is 348 g/mol. The summed E-state index contributed by atoms with van der Waals surface area (Å²) < 4.78 is 11.1. The van der Waals surface area contributed by atoms with Crippen LogP contribution in [-0.4, -0.2) is 18.7 Å². The zero-order chi connectivity index (χ0) is 20.2. The number of benzene rings is 2. The Morgan fingerprint density at radius 1 is 0.857 bits per heavy atom. The lowest BCUT2D eigenvalue weighted by atomic mass is 10.0. The number of ether oxygens (including phenoxy) is 2. The Balaban J connectivity index is 1.81. The van der Waals surface area contributed by atoms with Gasteiger partial charge in [-0.2, -0.15) is 0 Å². The Labute approximate surface area is 170 Å². The van der Waals surface area contributed by atoms with Gasteiger partial charge in [0.05, 0.1) is 0 Å². The molecule has 0 aliphatic rings. The minimum Gasteiger partial charge on any atom is -0.490 e. The molecule has 0 heterocycles. The first kappa shape index (κ1) is 22.0. The quantitative estimate of drug-likeness (QED) is 0.307. The predicted octanol–water partition coefficient (Wildman–Crippen LogP) is 6.59. The van der Waals surface area contributed by atoms with Crippen molar-refractivity contribution in [2.24, 2.45) is 0 Å². The molecule has 0 aliphatic heterocycles. The van der Waals surface area contributed by atoms with Gasteiger partial charge in [0.2, 0.25) is 0 Å². The average Bonchev–Trinajstić information content (AvgIpc) is 2.72. The van der Waals surface area contributed by atoms with Crippen LogP contribution in [0.3, 0.4) is 0 Å². The molecule has 2 rings (SSSR count). The number of unbranched alkanes of at least 4 members (excludes halogenated alkanes) is 3. The predicted molar refractivity (Wildman–Crippen MR) is 116 cm³/mol. The second kappa shape index (κ2) is 12.2. The first-order chi connectivity index (χ1) is 13.6. The van der Waals surface area contributed by atoms with Gasteiger partial charge in [-0.05, 0) is 55.0 Å². The van der Waals surface area contributed by atoms with Crippen molar-refractivity contribution in [2.45, 2.75) is 71.8 Å². The van der Waals surface area contributed by atoms with Gasteiger partial charge in [0, 0.05) is 6.42 Å². The fourth-order valence-corrected chi connectivity index (χ4v) is 3.04. The van der Waals surface area contributed by atoms with E-state index >= 15 is 0 Å². The number of hydrogen-bond acceptors (Lipinski definition) is 3. The average molecular weight is 383 g/mol. The Hall–Kier alpha value is -2.29. The molecule has 0 bridgehead atoms. The maximum atomic E-state index is 11.6. The summed E-state index contributed by atoms with van der Waals surface area (Å²) in [6, 6.07) is 16.9. The van der Waals surface area contributed by atoms with Crippen LogP contribution in [0.1, 0.15) is 64.9 Å². The maximum Gasteiger partial charge on any atom is 0.306 e. The standard InChI is InChI=1S/C25H34O3/c1-4-6-8-9-21-11-13-22(14-12-21)23-15-17-24(18-16-23)27-19-20(3)28-25(26)10-7-5-2/h11-18,20H,4-10,19H2,1-3H3. The van der Waals surface area contributed by atoms with E-state index in [1.807, 2.05) is 19.1 Å². The molecule has 0 amide bonds. The molecule has 1 atom stereocenters. The van der Waals surface area contributed by atoms with Crippen molar-refractivity contribution in [3.63, 3.8) is 0 Å². The van der Waals surface area contributed by atoms with Crippen molar-refractivity contribution < 1.29 is 14.3 Å². The van der Waals surface area contributed by atoms with Gasteiger partial charge in [0.25, 0.3) is 0 Å². The summed E-state index contributed by atoms with van der Waals surface area (Å²) in [5.74, 6) is 0.642.